The molecule has 0 aromatic heterocycles. The van der Waals surface area contributed by atoms with Crippen LogP contribution in [0.2, 0.25) is 0 Å². The van der Waals surface area contributed by atoms with Gasteiger partial charge in [0, 0.05) is 5.56 Å². The van der Waals surface area contributed by atoms with Crippen molar-refractivity contribution in [2.24, 2.45) is 0 Å². The van der Waals surface area contributed by atoms with E-state index in [1.54, 1.807) is 0 Å². The summed E-state index contributed by atoms with van der Waals surface area (Å²) in [5.41, 5.74) is 4.00. The van der Waals surface area contributed by atoms with Crippen LogP contribution in [0.3, 0.4) is 0 Å². The van der Waals surface area contributed by atoms with Crippen molar-refractivity contribution in [2.75, 3.05) is 0 Å². The first-order chi connectivity index (χ1) is 7.84. The molecule has 2 aromatic carbocycles. The molecule has 0 atom stereocenters. The van der Waals surface area contributed by atoms with Gasteiger partial charge >= 0.3 is 0 Å². The lowest BCUT2D eigenvalue weighted by Gasteiger charge is -2.06. The van der Waals surface area contributed by atoms with E-state index in [-0.39, 0.29) is 5.91 Å². The zero-order chi connectivity index (χ0) is 11.0. The molecule has 16 heavy (non-hydrogen) atoms. The summed E-state index contributed by atoms with van der Waals surface area (Å²) in [4.78, 5) is 11.6. The number of hydrogen-bond acceptors (Lipinski definition) is 1. The van der Waals surface area contributed by atoms with E-state index in [1.807, 2.05) is 48.5 Å². The lowest BCUT2D eigenvalue weighted by Crippen LogP contribution is -2.11. The molecule has 77 valence electrons. The number of fused-ring (bicyclic) bond motifs is 3. The third-order valence-electron chi connectivity index (χ3n) is 2.80. The van der Waals surface area contributed by atoms with E-state index in [0.717, 1.165) is 22.4 Å². The van der Waals surface area contributed by atoms with Crippen LogP contribution in [0.5, 0.6) is 0 Å². The number of carbonyl (C=O) groups excluding carboxylic acids is 1. The van der Waals surface area contributed by atoms with E-state index in [2.05, 4.69) is 5.32 Å². The molecule has 0 saturated carbocycles. The maximum atomic E-state index is 11.6. The van der Waals surface area contributed by atoms with Crippen molar-refractivity contribution in [3.8, 4) is 11.1 Å². The van der Waals surface area contributed by atoms with Gasteiger partial charge in [-0.3, -0.25) is 4.79 Å². The number of carbonyl (C=O) groups is 1. The third-order valence-corrected chi connectivity index (χ3v) is 2.80. The van der Waals surface area contributed by atoms with E-state index >= 15 is 0 Å². The van der Waals surface area contributed by atoms with E-state index < -0.39 is 0 Å². The van der Waals surface area contributed by atoms with Crippen molar-refractivity contribution in [3.63, 3.8) is 0 Å². The Kier molecular flexibility index (Phi) is 2.00. The Morgan fingerprint density at radius 1 is 0.875 bits per heavy atom. The highest BCUT2D eigenvalue weighted by molar-refractivity contribution is 5.93. The Hall–Kier alpha value is -2.09. The minimum atomic E-state index is -0.0719. The van der Waals surface area contributed by atoms with Crippen molar-refractivity contribution in [2.45, 2.75) is 6.42 Å². The first-order valence-corrected chi connectivity index (χ1v) is 5.26. The van der Waals surface area contributed by atoms with Gasteiger partial charge in [0.2, 0.25) is 0 Å². The Labute approximate surface area is 93.9 Å². The summed E-state index contributed by atoms with van der Waals surface area (Å²) in [6.45, 7) is 0. The van der Waals surface area contributed by atoms with Crippen LogP contribution < -0.4 is 5.32 Å². The van der Waals surface area contributed by atoms with Crippen LogP contribution in [0, 0.1) is 0 Å². The highest BCUT2D eigenvalue weighted by atomic mass is 16.1. The third kappa shape index (κ3) is 1.39. The predicted molar refractivity (Wildman–Crippen MR) is 62.4 cm³/mol. The van der Waals surface area contributed by atoms with Crippen molar-refractivity contribution in [3.05, 3.63) is 54.1 Å². The average Bonchev–Trinajstić information content (AvgIpc) is 2.44. The number of amides is 1. The van der Waals surface area contributed by atoms with Gasteiger partial charge in [0.25, 0.3) is 5.91 Å². The van der Waals surface area contributed by atoms with Gasteiger partial charge in [-0.2, -0.15) is 0 Å². The van der Waals surface area contributed by atoms with Crippen LogP contribution in [-0.2, 0) is 11.2 Å². The topological polar surface area (TPSA) is 31.2 Å². The molecule has 1 aliphatic rings. The van der Waals surface area contributed by atoms with E-state index in [0.29, 0.717) is 6.42 Å². The van der Waals surface area contributed by atoms with Gasteiger partial charge in [-0.15, -0.1) is 0 Å². The fourth-order valence-corrected chi connectivity index (χ4v) is 2.07. The molecule has 1 amide bonds. The largest absolute Gasteiger partial charge is 0.272 e. The second-order valence-corrected chi connectivity index (χ2v) is 3.86. The van der Waals surface area contributed by atoms with Gasteiger partial charge in [0.1, 0.15) is 0 Å². The second kappa shape index (κ2) is 3.49. The smallest absolute Gasteiger partial charge is 0.250 e. The molecule has 2 nitrogen and oxygen atoms in total. The van der Waals surface area contributed by atoms with Crippen LogP contribution >= 0.6 is 0 Å². The van der Waals surface area contributed by atoms with Crippen LogP contribution in [0.15, 0.2) is 48.5 Å². The molecule has 0 bridgehead atoms. The van der Waals surface area contributed by atoms with Crippen LogP contribution in [-0.4, -0.2) is 5.91 Å². The van der Waals surface area contributed by atoms with Crippen LogP contribution in [0.4, 0.5) is 5.69 Å². The molecule has 1 radical (unpaired) electrons. The average molecular weight is 208 g/mol. The number of nitrogens with zero attached hydrogens (tertiary/aromatic N) is 1. The van der Waals surface area contributed by atoms with Crippen molar-refractivity contribution in [1.82, 2.24) is 5.32 Å². The summed E-state index contributed by atoms with van der Waals surface area (Å²) in [6, 6.07) is 15.8. The second-order valence-electron chi connectivity index (χ2n) is 3.86. The fraction of sp³-hybridized carbons (Fsp3) is 0.0714. The standard InChI is InChI=1S/C14H10NO/c16-14-9-10-5-1-2-6-11(10)12-7-3-4-8-13(12)15-14/h1-8H,9H2. The summed E-state index contributed by atoms with van der Waals surface area (Å²) in [6.07, 6.45) is 0.394. The lowest BCUT2D eigenvalue weighted by molar-refractivity contribution is -0.119. The molecule has 3 rings (SSSR count). The fourth-order valence-electron chi connectivity index (χ4n) is 2.07. The van der Waals surface area contributed by atoms with Gasteiger partial charge in [0.15, 0.2) is 0 Å². The molecule has 0 fully saturated rings. The van der Waals surface area contributed by atoms with E-state index in [9.17, 15) is 4.79 Å². The van der Waals surface area contributed by atoms with Gasteiger partial charge in [-0.25, -0.2) is 5.32 Å². The summed E-state index contributed by atoms with van der Waals surface area (Å²) in [7, 11) is 0. The molecule has 0 spiro atoms. The van der Waals surface area contributed by atoms with Crippen molar-refractivity contribution >= 4 is 11.6 Å². The molecule has 0 unspecified atom stereocenters. The lowest BCUT2D eigenvalue weighted by atomic mass is 9.98. The number of hydrogen-bond donors (Lipinski definition) is 0. The molecule has 0 saturated heterocycles. The highest BCUT2D eigenvalue weighted by Crippen LogP contribution is 2.33. The number of para-hydroxylation sites is 1. The summed E-state index contributed by atoms with van der Waals surface area (Å²) < 4.78 is 0. The zero-order valence-corrected chi connectivity index (χ0v) is 8.68. The Morgan fingerprint density at radius 3 is 2.44 bits per heavy atom. The van der Waals surface area contributed by atoms with Gasteiger partial charge in [-0.1, -0.05) is 42.5 Å². The van der Waals surface area contributed by atoms with Crippen molar-refractivity contribution < 1.29 is 4.79 Å². The first kappa shape index (κ1) is 9.16. The first-order valence-electron chi connectivity index (χ1n) is 5.26. The van der Waals surface area contributed by atoms with Crippen LogP contribution in [0.1, 0.15) is 5.56 Å². The molecule has 1 aliphatic heterocycles. The minimum Gasteiger partial charge on any atom is -0.272 e. The highest BCUT2D eigenvalue weighted by Gasteiger charge is 2.18. The van der Waals surface area contributed by atoms with Gasteiger partial charge in [-0.05, 0) is 17.2 Å². The number of rotatable bonds is 0. The van der Waals surface area contributed by atoms with E-state index in [1.165, 1.54) is 0 Å². The molecule has 2 aromatic rings. The van der Waals surface area contributed by atoms with Gasteiger partial charge < -0.3 is 0 Å². The number of benzene rings is 2. The summed E-state index contributed by atoms with van der Waals surface area (Å²) in [5.74, 6) is -0.0719. The van der Waals surface area contributed by atoms with Crippen LogP contribution in [0.25, 0.3) is 11.1 Å². The SMILES string of the molecule is O=C1Cc2ccccc2-c2ccccc2[N]1. The predicted octanol–water partition coefficient (Wildman–Crippen LogP) is 2.67. The molecule has 2 heteroatoms. The van der Waals surface area contributed by atoms with Crippen molar-refractivity contribution in [1.29, 1.82) is 0 Å². The molecule has 1 heterocycles. The Balaban J connectivity index is 2.30. The Morgan fingerprint density at radius 2 is 1.56 bits per heavy atom. The Bertz CT molecular complexity index is 511. The quantitative estimate of drug-likeness (QED) is 0.654. The maximum Gasteiger partial charge on any atom is 0.250 e. The normalized spacial score (nSPS) is 13.4. The van der Waals surface area contributed by atoms with E-state index in [4.69, 9.17) is 0 Å². The zero-order valence-electron chi connectivity index (χ0n) is 8.68. The molecular weight excluding hydrogens is 198 g/mol. The summed E-state index contributed by atoms with van der Waals surface area (Å²) in [5, 5.41) is 4.12. The summed E-state index contributed by atoms with van der Waals surface area (Å²) >= 11 is 0. The monoisotopic (exact) mass is 208 g/mol. The molecule has 0 N–H and O–H groups in total. The molecular formula is C14H10NO. The minimum absolute atomic E-state index is 0.0719. The maximum absolute atomic E-state index is 11.6. The van der Waals surface area contributed by atoms with Gasteiger partial charge in [0.05, 0.1) is 12.1 Å². The molecule has 0 aliphatic carbocycles.